The van der Waals surface area contributed by atoms with Gasteiger partial charge in [-0.25, -0.2) is 0 Å². The third-order valence-corrected chi connectivity index (χ3v) is 4.29. The molecule has 0 amide bonds. The molecule has 0 atom stereocenters. The number of ether oxygens (including phenoxy) is 4. The third kappa shape index (κ3) is 4.88. The Bertz CT molecular complexity index is 781. The molecule has 0 spiro atoms. The molecule has 4 heteroatoms. The first kappa shape index (κ1) is 17.6. The van der Waals surface area contributed by atoms with Crippen molar-refractivity contribution in [2.45, 2.75) is 19.5 Å². The minimum Gasteiger partial charge on any atom is -0.489 e. The first-order valence-electron chi connectivity index (χ1n) is 9.08. The lowest BCUT2D eigenvalue weighted by Gasteiger charge is -2.15. The lowest BCUT2D eigenvalue weighted by molar-refractivity contribution is -0.0444. The SMILES string of the molecule is c1ccc(COc2cc(OCc3ccccc3)cc(C3OCCO3)c2)cc1. The molecule has 1 fully saturated rings. The molecule has 138 valence electrons. The van der Waals surface area contributed by atoms with Crippen LogP contribution in [0.3, 0.4) is 0 Å². The zero-order valence-electron chi connectivity index (χ0n) is 15.0. The predicted molar refractivity (Wildman–Crippen MR) is 103 cm³/mol. The van der Waals surface area contributed by atoms with Crippen molar-refractivity contribution in [3.05, 3.63) is 95.6 Å². The Labute approximate surface area is 159 Å². The summed E-state index contributed by atoms with van der Waals surface area (Å²) in [4.78, 5) is 0. The Morgan fingerprint density at radius 2 is 1.15 bits per heavy atom. The summed E-state index contributed by atoms with van der Waals surface area (Å²) in [6, 6.07) is 26.0. The summed E-state index contributed by atoms with van der Waals surface area (Å²) in [7, 11) is 0. The van der Waals surface area contributed by atoms with Gasteiger partial charge in [-0.15, -0.1) is 0 Å². The lowest BCUT2D eigenvalue weighted by Crippen LogP contribution is -2.02. The van der Waals surface area contributed by atoms with E-state index in [1.807, 2.05) is 78.9 Å². The van der Waals surface area contributed by atoms with E-state index in [0.29, 0.717) is 26.4 Å². The van der Waals surface area contributed by atoms with E-state index in [1.54, 1.807) is 0 Å². The van der Waals surface area contributed by atoms with Crippen LogP contribution in [0.1, 0.15) is 23.0 Å². The molecule has 27 heavy (non-hydrogen) atoms. The van der Waals surface area contributed by atoms with Crippen LogP contribution in [0.4, 0.5) is 0 Å². The topological polar surface area (TPSA) is 36.9 Å². The summed E-state index contributed by atoms with van der Waals surface area (Å²) in [5, 5.41) is 0. The monoisotopic (exact) mass is 362 g/mol. The molecule has 0 radical (unpaired) electrons. The van der Waals surface area contributed by atoms with Gasteiger partial charge in [0.25, 0.3) is 0 Å². The zero-order valence-corrected chi connectivity index (χ0v) is 15.0. The number of rotatable bonds is 7. The van der Waals surface area contributed by atoms with E-state index >= 15 is 0 Å². The second-order valence-corrected chi connectivity index (χ2v) is 6.36. The Morgan fingerprint density at radius 3 is 1.63 bits per heavy atom. The van der Waals surface area contributed by atoms with Gasteiger partial charge in [0.05, 0.1) is 13.2 Å². The van der Waals surface area contributed by atoms with Gasteiger partial charge < -0.3 is 18.9 Å². The molecule has 0 aliphatic carbocycles. The summed E-state index contributed by atoms with van der Waals surface area (Å²) in [5.41, 5.74) is 3.13. The van der Waals surface area contributed by atoms with Gasteiger partial charge in [0, 0.05) is 11.6 Å². The van der Waals surface area contributed by atoms with Crippen molar-refractivity contribution in [2.75, 3.05) is 13.2 Å². The van der Waals surface area contributed by atoms with Gasteiger partial charge in [-0.2, -0.15) is 0 Å². The fourth-order valence-corrected chi connectivity index (χ4v) is 2.93. The van der Waals surface area contributed by atoms with Crippen LogP contribution in [0.25, 0.3) is 0 Å². The van der Waals surface area contributed by atoms with Crippen LogP contribution < -0.4 is 9.47 Å². The van der Waals surface area contributed by atoms with Crippen molar-refractivity contribution < 1.29 is 18.9 Å². The summed E-state index contributed by atoms with van der Waals surface area (Å²) in [5.74, 6) is 1.47. The zero-order chi connectivity index (χ0) is 18.3. The standard InChI is InChI=1S/C23H22O4/c1-3-7-18(8-4-1)16-26-21-13-20(23-24-11-12-25-23)14-22(15-21)27-17-19-9-5-2-6-10-19/h1-10,13-15,23H,11-12,16-17H2. The molecule has 1 aliphatic heterocycles. The van der Waals surface area contributed by atoms with E-state index in [4.69, 9.17) is 18.9 Å². The van der Waals surface area contributed by atoms with Crippen LogP contribution >= 0.6 is 0 Å². The van der Waals surface area contributed by atoms with Crippen molar-refractivity contribution in [3.8, 4) is 11.5 Å². The first-order valence-corrected chi connectivity index (χ1v) is 9.08. The molecule has 0 bridgehead atoms. The molecular formula is C23H22O4. The summed E-state index contributed by atoms with van der Waals surface area (Å²) in [6.45, 7) is 2.18. The summed E-state index contributed by atoms with van der Waals surface area (Å²) in [6.07, 6.45) is -0.371. The maximum atomic E-state index is 5.99. The van der Waals surface area contributed by atoms with Crippen molar-refractivity contribution in [2.24, 2.45) is 0 Å². The van der Waals surface area contributed by atoms with Gasteiger partial charge in [0.15, 0.2) is 6.29 Å². The van der Waals surface area contributed by atoms with Crippen LogP contribution in [0.2, 0.25) is 0 Å². The molecule has 0 N–H and O–H groups in total. The van der Waals surface area contributed by atoms with Crippen LogP contribution in [-0.2, 0) is 22.7 Å². The predicted octanol–water partition coefficient (Wildman–Crippen LogP) is 4.89. The fourth-order valence-electron chi connectivity index (χ4n) is 2.93. The number of hydrogen-bond acceptors (Lipinski definition) is 4. The van der Waals surface area contributed by atoms with Crippen LogP contribution in [0.15, 0.2) is 78.9 Å². The van der Waals surface area contributed by atoms with Crippen molar-refractivity contribution in [3.63, 3.8) is 0 Å². The second-order valence-electron chi connectivity index (χ2n) is 6.36. The normalized spacial score (nSPS) is 14.2. The van der Waals surface area contributed by atoms with Crippen LogP contribution in [-0.4, -0.2) is 13.2 Å². The minimum absolute atomic E-state index is 0.371. The quantitative estimate of drug-likeness (QED) is 0.600. The van der Waals surface area contributed by atoms with Crippen LogP contribution in [0, 0.1) is 0 Å². The maximum absolute atomic E-state index is 5.99. The Hall–Kier alpha value is -2.82. The van der Waals surface area contributed by atoms with E-state index < -0.39 is 0 Å². The molecule has 0 unspecified atom stereocenters. The highest BCUT2D eigenvalue weighted by Crippen LogP contribution is 2.31. The Morgan fingerprint density at radius 1 is 0.667 bits per heavy atom. The number of benzene rings is 3. The van der Waals surface area contributed by atoms with Crippen molar-refractivity contribution in [1.82, 2.24) is 0 Å². The highest BCUT2D eigenvalue weighted by molar-refractivity contribution is 5.39. The summed E-state index contributed by atoms with van der Waals surface area (Å²) >= 11 is 0. The molecule has 4 rings (SSSR count). The van der Waals surface area contributed by atoms with E-state index in [-0.39, 0.29) is 6.29 Å². The maximum Gasteiger partial charge on any atom is 0.184 e. The van der Waals surface area contributed by atoms with E-state index in [1.165, 1.54) is 0 Å². The lowest BCUT2D eigenvalue weighted by atomic mass is 10.2. The van der Waals surface area contributed by atoms with Gasteiger partial charge in [0.2, 0.25) is 0 Å². The molecule has 4 nitrogen and oxygen atoms in total. The third-order valence-electron chi connectivity index (χ3n) is 4.29. The first-order chi connectivity index (χ1) is 13.4. The van der Waals surface area contributed by atoms with Gasteiger partial charge >= 0.3 is 0 Å². The summed E-state index contributed by atoms with van der Waals surface area (Å²) < 4.78 is 23.3. The highest BCUT2D eigenvalue weighted by Gasteiger charge is 2.20. The highest BCUT2D eigenvalue weighted by atomic mass is 16.7. The van der Waals surface area contributed by atoms with Crippen LogP contribution in [0.5, 0.6) is 11.5 Å². The molecule has 1 aliphatic rings. The number of hydrogen-bond donors (Lipinski definition) is 0. The fraction of sp³-hybridized carbons (Fsp3) is 0.217. The average Bonchev–Trinajstić information content (AvgIpc) is 3.27. The molecule has 0 aromatic heterocycles. The molecule has 3 aromatic rings. The van der Waals surface area contributed by atoms with Gasteiger partial charge in [-0.1, -0.05) is 60.7 Å². The largest absolute Gasteiger partial charge is 0.489 e. The molecule has 1 saturated heterocycles. The second kappa shape index (κ2) is 8.71. The molecule has 1 heterocycles. The van der Waals surface area contributed by atoms with Gasteiger partial charge in [-0.05, 0) is 23.3 Å². The Balaban J connectivity index is 1.51. The van der Waals surface area contributed by atoms with Gasteiger partial charge in [-0.3, -0.25) is 0 Å². The molecule has 0 saturated carbocycles. The van der Waals surface area contributed by atoms with Crippen molar-refractivity contribution in [1.29, 1.82) is 0 Å². The van der Waals surface area contributed by atoms with Gasteiger partial charge in [0.1, 0.15) is 24.7 Å². The smallest absolute Gasteiger partial charge is 0.184 e. The average molecular weight is 362 g/mol. The minimum atomic E-state index is -0.371. The van der Waals surface area contributed by atoms with E-state index in [0.717, 1.165) is 28.2 Å². The van der Waals surface area contributed by atoms with E-state index in [2.05, 4.69) is 0 Å². The van der Waals surface area contributed by atoms with E-state index in [9.17, 15) is 0 Å². The Kier molecular flexibility index (Phi) is 5.67. The molecule has 3 aromatic carbocycles. The molecular weight excluding hydrogens is 340 g/mol. The van der Waals surface area contributed by atoms with Crippen molar-refractivity contribution >= 4 is 0 Å².